The van der Waals surface area contributed by atoms with Gasteiger partial charge in [-0.1, -0.05) is 63.2 Å². The first-order valence-electron chi connectivity index (χ1n) is 13.8. The molecule has 4 rings (SSSR count). The highest BCUT2D eigenvalue weighted by molar-refractivity contribution is 5.94. The summed E-state index contributed by atoms with van der Waals surface area (Å²) in [4.78, 5) is 36.3. The van der Waals surface area contributed by atoms with Gasteiger partial charge >= 0.3 is 12.0 Å². The minimum absolute atomic E-state index is 0.0857. The number of benzene rings is 2. The van der Waals surface area contributed by atoms with Crippen molar-refractivity contribution < 1.29 is 19.5 Å². The zero-order valence-corrected chi connectivity index (χ0v) is 22.7. The summed E-state index contributed by atoms with van der Waals surface area (Å²) < 4.78 is 0. The van der Waals surface area contributed by atoms with Crippen LogP contribution in [0.25, 0.3) is 0 Å². The van der Waals surface area contributed by atoms with Crippen LogP contribution in [0.3, 0.4) is 0 Å². The predicted molar refractivity (Wildman–Crippen MR) is 148 cm³/mol. The molecule has 0 saturated heterocycles. The van der Waals surface area contributed by atoms with Crippen LogP contribution in [0.15, 0.2) is 54.6 Å². The lowest BCUT2D eigenvalue weighted by Crippen LogP contribution is -2.43. The van der Waals surface area contributed by atoms with Crippen molar-refractivity contribution in [2.24, 2.45) is 17.3 Å². The molecule has 2 saturated carbocycles. The number of carboxylic acids is 1. The maximum atomic E-state index is 13.1. The van der Waals surface area contributed by atoms with Crippen LogP contribution < -0.4 is 16.0 Å². The Labute approximate surface area is 225 Å². The molecule has 2 aliphatic carbocycles. The summed E-state index contributed by atoms with van der Waals surface area (Å²) in [6, 6.07) is 17.5. The van der Waals surface area contributed by atoms with E-state index in [9.17, 15) is 14.4 Å². The molecule has 0 radical (unpaired) electrons. The van der Waals surface area contributed by atoms with Gasteiger partial charge < -0.3 is 21.1 Å². The number of amides is 3. The van der Waals surface area contributed by atoms with Crippen LogP contribution in [-0.2, 0) is 4.79 Å². The van der Waals surface area contributed by atoms with Gasteiger partial charge in [0.05, 0.1) is 12.5 Å². The van der Waals surface area contributed by atoms with E-state index in [0.29, 0.717) is 23.3 Å². The van der Waals surface area contributed by atoms with Crippen molar-refractivity contribution in [3.8, 4) is 0 Å². The maximum absolute atomic E-state index is 13.1. The maximum Gasteiger partial charge on any atom is 0.315 e. The van der Waals surface area contributed by atoms with Crippen LogP contribution in [0.4, 0.5) is 4.79 Å². The summed E-state index contributed by atoms with van der Waals surface area (Å²) >= 11 is 0. The van der Waals surface area contributed by atoms with E-state index in [1.807, 2.05) is 30.3 Å². The third-order valence-corrected chi connectivity index (χ3v) is 8.25. The Morgan fingerprint density at radius 1 is 0.947 bits per heavy atom. The predicted octanol–water partition coefficient (Wildman–Crippen LogP) is 5.64. The Morgan fingerprint density at radius 3 is 2.21 bits per heavy atom. The smallest absolute Gasteiger partial charge is 0.315 e. The molecular formula is C31H41N3O4. The normalized spacial score (nSPS) is 23.7. The second-order valence-corrected chi connectivity index (χ2v) is 12.0. The van der Waals surface area contributed by atoms with Crippen molar-refractivity contribution in [3.05, 3.63) is 71.3 Å². The quantitative estimate of drug-likeness (QED) is 0.344. The summed E-state index contributed by atoms with van der Waals surface area (Å²) in [5, 5.41) is 17.9. The first-order valence-corrected chi connectivity index (χ1v) is 13.8. The topological polar surface area (TPSA) is 108 Å². The molecule has 2 aromatic rings. The molecule has 2 aromatic carbocycles. The fourth-order valence-corrected chi connectivity index (χ4v) is 5.79. The Bertz CT molecular complexity index is 1100. The van der Waals surface area contributed by atoms with Gasteiger partial charge in [-0.15, -0.1) is 0 Å². The molecule has 0 aromatic heterocycles. The molecule has 38 heavy (non-hydrogen) atoms. The summed E-state index contributed by atoms with van der Waals surface area (Å²) in [6.45, 7) is 7.00. The van der Waals surface area contributed by atoms with Crippen LogP contribution in [0.5, 0.6) is 0 Å². The van der Waals surface area contributed by atoms with Gasteiger partial charge in [0.1, 0.15) is 0 Å². The van der Waals surface area contributed by atoms with Gasteiger partial charge in [-0.3, -0.25) is 9.59 Å². The molecule has 4 N–H and O–H groups in total. The second kappa shape index (κ2) is 12.0. The number of rotatable bonds is 9. The lowest BCUT2D eigenvalue weighted by Gasteiger charge is -2.39. The van der Waals surface area contributed by atoms with E-state index in [-0.39, 0.29) is 42.4 Å². The van der Waals surface area contributed by atoms with Gasteiger partial charge in [-0.2, -0.15) is 0 Å². The Morgan fingerprint density at radius 2 is 1.61 bits per heavy atom. The van der Waals surface area contributed by atoms with Crippen LogP contribution >= 0.6 is 0 Å². The molecule has 3 atom stereocenters. The molecule has 0 aliphatic heterocycles. The van der Waals surface area contributed by atoms with Gasteiger partial charge in [0, 0.05) is 24.1 Å². The van der Waals surface area contributed by atoms with Crippen LogP contribution in [0, 0.1) is 17.3 Å². The molecule has 7 nitrogen and oxygen atoms in total. The molecule has 2 aliphatic rings. The molecule has 3 unspecified atom stereocenters. The number of carbonyl (C=O) groups is 3. The Hall–Kier alpha value is -3.35. The van der Waals surface area contributed by atoms with E-state index < -0.39 is 5.97 Å². The lowest BCUT2D eigenvalue weighted by atomic mass is 9.68. The molecule has 0 bridgehead atoms. The number of hydrogen-bond acceptors (Lipinski definition) is 3. The van der Waals surface area contributed by atoms with E-state index >= 15 is 0 Å². The van der Waals surface area contributed by atoms with Crippen LogP contribution in [0.2, 0.25) is 0 Å². The molecular weight excluding hydrogens is 478 g/mol. The average molecular weight is 520 g/mol. The number of carbonyl (C=O) groups excluding carboxylic acids is 2. The highest BCUT2D eigenvalue weighted by atomic mass is 16.4. The Balaban J connectivity index is 1.42. The minimum Gasteiger partial charge on any atom is -0.481 e. The zero-order chi connectivity index (χ0) is 27.3. The number of aliphatic carboxylic acids is 1. The SMILES string of the molecule is CC(C)(C)C1CCC(C(NC(=O)NC2CC2c2ccccc2)c2ccc(C(=O)NCCC(=O)O)cc2)CC1. The molecule has 7 heteroatoms. The first-order chi connectivity index (χ1) is 18.1. The standard InChI is InChI=1S/C31H41N3O4/c1-31(2,3)24-15-13-22(14-16-24)28(21-9-11-23(12-10-21)29(37)32-18-17-27(35)36)34-30(38)33-26-19-25(26)20-7-5-4-6-8-20/h4-12,22,24-26,28H,13-19H2,1-3H3,(H,32,37)(H,35,36)(H2,33,34,38). The van der Waals surface area contributed by atoms with Crippen LogP contribution in [-0.4, -0.2) is 35.6 Å². The van der Waals surface area contributed by atoms with E-state index in [1.165, 1.54) is 5.56 Å². The van der Waals surface area contributed by atoms with E-state index in [1.54, 1.807) is 12.1 Å². The third kappa shape index (κ3) is 7.36. The molecule has 3 amide bonds. The van der Waals surface area contributed by atoms with Crippen molar-refractivity contribution in [1.29, 1.82) is 0 Å². The number of nitrogens with one attached hydrogen (secondary N) is 3. The van der Waals surface area contributed by atoms with Gasteiger partial charge in [-0.25, -0.2) is 4.79 Å². The van der Waals surface area contributed by atoms with E-state index in [0.717, 1.165) is 37.7 Å². The largest absolute Gasteiger partial charge is 0.481 e. The number of urea groups is 1. The molecule has 0 heterocycles. The summed E-state index contributed by atoms with van der Waals surface area (Å²) in [5.74, 6) is 0.102. The fraction of sp³-hybridized carbons (Fsp3) is 0.516. The Kier molecular flexibility index (Phi) is 8.75. The highest BCUT2D eigenvalue weighted by Crippen LogP contribution is 2.44. The van der Waals surface area contributed by atoms with E-state index in [2.05, 4.69) is 48.9 Å². The molecule has 204 valence electrons. The highest BCUT2D eigenvalue weighted by Gasteiger charge is 2.40. The third-order valence-electron chi connectivity index (χ3n) is 8.25. The van der Waals surface area contributed by atoms with Crippen LogP contribution in [0.1, 0.15) is 92.7 Å². The van der Waals surface area contributed by atoms with Crippen molar-refractivity contribution in [2.75, 3.05) is 6.54 Å². The van der Waals surface area contributed by atoms with Gasteiger partial charge in [0.25, 0.3) is 5.91 Å². The summed E-state index contributed by atoms with van der Waals surface area (Å²) in [5.41, 5.74) is 2.99. The summed E-state index contributed by atoms with van der Waals surface area (Å²) in [7, 11) is 0. The molecule has 2 fully saturated rings. The summed E-state index contributed by atoms with van der Waals surface area (Å²) in [6.07, 6.45) is 5.19. The number of hydrogen-bond donors (Lipinski definition) is 4. The molecule has 0 spiro atoms. The monoisotopic (exact) mass is 519 g/mol. The van der Waals surface area contributed by atoms with Crippen molar-refractivity contribution >= 4 is 17.9 Å². The zero-order valence-electron chi connectivity index (χ0n) is 22.7. The van der Waals surface area contributed by atoms with Gasteiger partial charge in [0.2, 0.25) is 0 Å². The first kappa shape index (κ1) is 27.7. The van der Waals surface area contributed by atoms with Crippen molar-refractivity contribution in [1.82, 2.24) is 16.0 Å². The van der Waals surface area contributed by atoms with Gasteiger partial charge in [0.15, 0.2) is 0 Å². The van der Waals surface area contributed by atoms with Gasteiger partial charge in [-0.05, 0) is 72.6 Å². The fourth-order valence-electron chi connectivity index (χ4n) is 5.79. The van der Waals surface area contributed by atoms with Crippen molar-refractivity contribution in [2.45, 2.75) is 77.3 Å². The number of carboxylic acid groups (broad SMARTS) is 1. The van der Waals surface area contributed by atoms with Crippen molar-refractivity contribution in [3.63, 3.8) is 0 Å². The second-order valence-electron chi connectivity index (χ2n) is 12.0. The van der Waals surface area contributed by atoms with E-state index in [4.69, 9.17) is 5.11 Å². The minimum atomic E-state index is -0.949. The average Bonchev–Trinajstić information content (AvgIpc) is 3.66. The lowest BCUT2D eigenvalue weighted by molar-refractivity contribution is -0.136.